The molecule has 0 aromatic heterocycles. The molecule has 0 aliphatic carbocycles. The van der Waals surface area contributed by atoms with Gasteiger partial charge < -0.3 is 10.1 Å². The summed E-state index contributed by atoms with van der Waals surface area (Å²) in [5, 5.41) is 2.91. The Morgan fingerprint density at radius 2 is 1.60 bits per heavy atom. The molecule has 0 spiro atoms. The van der Waals surface area contributed by atoms with Gasteiger partial charge >= 0.3 is 0 Å². The highest BCUT2D eigenvalue weighted by molar-refractivity contribution is 7.89. The van der Waals surface area contributed by atoms with Crippen LogP contribution in [0.2, 0.25) is 0 Å². The van der Waals surface area contributed by atoms with E-state index in [4.69, 9.17) is 4.74 Å². The smallest absolute Gasteiger partial charge is 0.243 e. The molecule has 1 amide bonds. The van der Waals surface area contributed by atoms with E-state index < -0.39 is 10.0 Å². The van der Waals surface area contributed by atoms with Crippen LogP contribution in [0.25, 0.3) is 0 Å². The maximum absolute atomic E-state index is 12.6. The van der Waals surface area contributed by atoms with Crippen LogP contribution in [-0.4, -0.2) is 44.9 Å². The summed E-state index contributed by atoms with van der Waals surface area (Å²) in [6.07, 6.45) is 3.29. The number of sulfonamides is 1. The lowest BCUT2D eigenvalue weighted by Crippen LogP contribution is -2.40. The van der Waals surface area contributed by atoms with Crippen molar-refractivity contribution in [3.05, 3.63) is 65.2 Å². The molecule has 3 rings (SSSR count). The summed E-state index contributed by atoms with van der Waals surface area (Å²) in [7, 11) is -3.48. The van der Waals surface area contributed by atoms with Crippen molar-refractivity contribution in [1.82, 2.24) is 9.62 Å². The molecule has 1 aliphatic heterocycles. The van der Waals surface area contributed by atoms with Gasteiger partial charge in [0.2, 0.25) is 15.9 Å². The highest BCUT2D eigenvalue weighted by Crippen LogP contribution is 2.17. The van der Waals surface area contributed by atoms with Crippen molar-refractivity contribution in [1.29, 1.82) is 0 Å². The number of rotatable bonds is 9. The molecule has 0 saturated carbocycles. The van der Waals surface area contributed by atoms with E-state index in [1.54, 1.807) is 24.3 Å². The minimum atomic E-state index is -3.48. The van der Waals surface area contributed by atoms with Gasteiger partial charge in [0.25, 0.3) is 0 Å². The number of unbranched alkanes of at least 4 members (excludes halogenated alkanes) is 1. The topological polar surface area (TPSA) is 75.7 Å². The minimum absolute atomic E-state index is 0.0175. The Labute approximate surface area is 179 Å². The van der Waals surface area contributed by atoms with Crippen molar-refractivity contribution in [2.45, 2.75) is 44.0 Å². The number of nitrogens with zero attached hydrogens (tertiary/aromatic N) is 1. The quantitative estimate of drug-likeness (QED) is 0.621. The molecule has 162 valence electrons. The van der Waals surface area contributed by atoms with E-state index in [1.165, 1.54) is 15.4 Å². The Balaban J connectivity index is 1.40. The molecule has 6 nitrogen and oxygen atoms in total. The summed E-state index contributed by atoms with van der Waals surface area (Å²) in [4.78, 5) is 12.4. The van der Waals surface area contributed by atoms with Gasteiger partial charge in [-0.3, -0.25) is 4.79 Å². The van der Waals surface area contributed by atoms with Crippen molar-refractivity contribution >= 4 is 15.9 Å². The van der Waals surface area contributed by atoms with Gasteiger partial charge in [-0.05, 0) is 49.4 Å². The molecule has 2 aromatic carbocycles. The number of aryl methyl sites for hydroxylation is 2. The van der Waals surface area contributed by atoms with Crippen LogP contribution in [0.15, 0.2) is 53.4 Å². The molecule has 2 aromatic rings. The van der Waals surface area contributed by atoms with Gasteiger partial charge in [-0.25, -0.2) is 8.42 Å². The highest BCUT2D eigenvalue weighted by atomic mass is 32.2. The summed E-state index contributed by atoms with van der Waals surface area (Å²) in [5.41, 5.74) is 3.43. The fourth-order valence-corrected chi connectivity index (χ4v) is 4.78. The molecule has 7 heteroatoms. The Bertz CT molecular complexity index is 919. The predicted octanol–water partition coefficient (Wildman–Crippen LogP) is 3.05. The number of morpholine rings is 1. The van der Waals surface area contributed by atoms with Crippen LogP contribution >= 0.6 is 0 Å². The minimum Gasteiger partial charge on any atom is -0.379 e. The number of carbonyl (C=O) groups is 1. The van der Waals surface area contributed by atoms with Gasteiger partial charge in [-0.1, -0.05) is 42.0 Å². The maximum Gasteiger partial charge on any atom is 0.243 e. The van der Waals surface area contributed by atoms with Crippen LogP contribution in [-0.2, 0) is 32.5 Å². The Kier molecular flexibility index (Phi) is 8.01. The average molecular weight is 431 g/mol. The molecule has 1 aliphatic rings. The van der Waals surface area contributed by atoms with Crippen LogP contribution in [0, 0.1) is 6.92 Å². The molecule has 1 fully saturated rings. The number of benzene rings is 2. The largest absolute Gasteiger partial charge is 0.379 e. The lowest BCUT2D eigenvalue weighted by atomic mass is 10.1. The van der Waals surface area contributed by atoms with Crippen LogP contribution in [0.5, 0.6) is 0 Å². The first-order valence-electron chi connectivity index (χ1n) is 10.4. The van der Waals surface area contributed by atoms with Gasteiger partial charge in [0.1, 0.15) is 0 Å². The molecule has 1 saturated heterocycles. The SMILES string of the molecule is Cc1ccc(CCCCC(=O)NCc2ccc(S(=O)(=O)N3CCOCC3)cc2)cc1. The fourth-order valence-electron chi connectivity index (χ4n) is 3.37. The van der Waals surface area contributed by atoms with Crippen molar-refractivity contribution in [2.75, 3.05) is 26.3 Å². The number of amides is 1. The van der Waals surface area contributed by atoms with Gasteiger partial charge in [-0.15, -0.1) is 0 Å². The molecule has 0 bridgehead atoms. The maximum atomic E-state index is 12.6. The zero-order chi connectivity index (χ0) is 21.4. The van der Waals surface area contributed by atoms with E-state index in [0.717, 1.165) is 24.8 Å². The van der Waals surface area contributed by atoms with Crippen molar-refractivity contribution in [3.63, 3.8) is 0 Å². The third-order valence-corrected chi connectivity index (χ3v) is 7.17. The lowest BCUT2D eigenvalue weighted by molar-refractivity contribution is -0.121. The van der Waals surface area contributed by atoms with E-state index >= 15 is 0 Å². The van der Waals surface area contributed by atoms with Crippen LogP contribution in [0.4, 0.5) is 0 Å². The third kappa shape index (κ3) is 6.39. The van der Waals surface area contributed by atoms with Gasteiger partial charge in [-0.2, -0.15) is 4.31 Å². The number of nitrogens with one attached hydrogen (secondary N) is 1. The first-order valence-corrected chi connectivity index (χ1v) is 11.9. The van der Waals surface area contributed by atoms with Crippen molar-refractivity contribution in [2.24, 2.45) is 0 Å². The van der Waals surface area contributed by atoms with E-state index in [1.807, 2.05) is 0 Å². The fraction of sp³-hybridized carbons (Fsp3) is 0.435. The van der Waals surface area contributed by atoms with E-state index in [2.05, 4.69) is 36.5 Å². The zero-order valence-electron chi connectivity index (χ0n) is 17.5. The van der Waals surface area contributed by atoms with E-state index in [-0.39, 0.29) is 10.8 Å². The molecular weight excluding hydrogens is 400 g/mol. The zero-order valence-corrected chi connectivity index (χ0v) is 18.3. The summed E-state index contributed by atoms with van der Waals surface area (Å²) >= 11 is 0. The van der Waals surface area contributed by atoms with Crippen LogP contribution in [0.1, 0.15) is 36.0 Å². The molecule has 1 N–H and O–H groups in total. The van der Waals surface area contributed by atoms with Crippen molar-refractivity contribution < 1.29 is 17.9 Å². The molecule has 0 unspecified atom stereocenters. The second kappa shape index (κ2) is 10.7. The Morgan fingerprint density at radius 3 is 2.27 bits per heavy atom. The van der Waals surface area contributed by atoms with Crippen LogP contribution < -0.4 is 5.32 Å². The Hall–Kier alpha value is -2.22. The molecule has 1 heterocycles. The van der Waals surface area contributed by atoms with E-state index in [0.29, 0.717) is 39.3 Å². The molecular formula is C23H30N2O4S. The first-order chi connectivity index (χ1) is 14.4. The summed E-state index contributed by atoms with van der Waals surface area (Å²) in [6, 6.07) is 15.2. The standard InChI is InChI=1S/C23H30N2O4S/c1-19-6-8-20(9-7-19)4-2-3-5-23(26)24-18-21-10-12-22(13-11-21)30(27,28)25-14-16-29-17-15-25/h6-13H,2-5,14-18H2,1H3,(H,24,26). The normalized spacial score (nSPS) is 15.1. The third-order valence-electron chi connectivity index (χ3n) is 5.26. The molecule has 0 atom stereocenters. The second-order valence-corrected chi connectivity index (χ2v) is 9.57. The Morgan fingerprint density at radius 1 is 0.967 bits per heavy atom. The van der Waals surface area contributed by atoms with Crippen molar-refractivity contribution in [3.8, 4) is 0 Å². The summed E-state index contributed by atoms with van der Waals surface area (Å²) in [6.45, 7) is 4.08. The molecule has 0 radical (unpaired) electrons. The number of ether oxygens (including phenoxy) is 1. The number of hydrogen-bond donors (Lipinski definition) is 1. The predicted molar refractivity (Wildman–Crippen MR) is 117 cm³/mol. The first kappa shape index (κ1) is 22.5. The van der Waals surface area contributed by atoms with Gasteiger partial charge in [0.15, 0.2) is 0 Å². The average Bonchev–Trinajstić information content (AvgIpc) is 2.77. The number of hydrogen-bond acceptors (Lipinski definition) is 4. The summed E-state index contributed by atoms with van der Waals surface area (Å²) < 4.78 is 31.9. The number of carbonyl (C=O) groups excluding carboxylic acids is 1. The highest BCUT2D eigenvalue weighted by Gasteiger charge is 2.26. The van der Waals surface area contributed by atoms with Crippen LogP contribution in [0.3, 0.4) is 0 Å². The second-order valence-electron chi connectivity index (χ2n) is 7.63. The lowest BCUT2D eigenvalue weighted by Gasteiger charge is -2.26. The molecule has 30 heavy (non-hydrogen) atoms. The summed E-state index contributed by atoms with van der Waals surface area (Å²) in [5.74, 6) is 0.0175. The van der Waals surface area contributed by atoms with E-state index in [9.17, 15) is 13.2 Å². The monoisotopic (exact) mass is 430 g/mol. The van der Waals surface area contributed by atoms with Gasteiger partial charge in [0, 0.05) is 26.1 Å². The van der Waals surface area contributed by atoms with Gasteiger partial charge in [0.05, 0.1) is 18.1 Å².